The van der Waals surface area contributed by atoms with Crippen molar-refractivity contribution in [1.82, 2.24) is 0 Å². The molecule has 1 aromatic rings. The fourth-order valence-electron chi connectivity index (χ4n) is 2.95. The molecular formula is C22H39NO. The van der Waals surface area contributed by atoms with Crippen molar-refractivity contribution < 1.29 is 4.74 Å². The van der Waals surface area contributed by atoms with E-state index >= 15 is 0 Å². The monoisotopic (exact) mass is 333 g/mol. The molecule has 2 nitrogen and oxygen atoms in total. The third-order valence-corrected chi connectivity index (χ3v) is 4.71. The largest absolute Gasteiger partial charge is 0.494 e. The average molecular weight is 334 g/mol. The van der Waals surface area contributed by atoms with Crippen LogP contribution in [0.1, 0.15) is 90.0 Å². The van der Waals surface area contributed by atoms with E-state index in [9.17, 15) is 0 Å². The van der Waals surface area contributed by atoms with Crippen LogP contribution < -0.4 is 10.5 Å². The zero-order valence-electron chi connectivity index (χ0n) is 16.1. The summed E-state index contributed by atoms with van der Waals surface area (Å²) in [6, 6.07) is 8.71. The molecule has 0 aliphatic carbocycles. The number of nitrogens with two attached hydrogens (primary N) is 1. The van der Waals surface area contributed by atoms with E-state index in [1.165, 1.54) is 63.4 Å². The Morgan fingerprint density at radius 1 is 0.792 bits per heavy atom. The van der Waals surface area contributed by atoms with E-state index in [1.54, 1.807) is 0 Å². The molecule has 24 heavy (non-hydrogen) atoms. The first-order valence-corrected chi connectivity index (χ1v) is 10.2. The van der Waals surface area contributed by atoms with Gasteiger partial charge in [-0.2, -0.15) is 0 Å². The molecule has 0 fully saturated rings. The molecule has 0 aromatic heterocycles. The standard InChI is InChI=1S/C22H39NO/c1-3-5-6-7-8-9-10-11-12-13-18-24-22-16-14-20(15-17-22)19-21(23)4-2/h14-17,21H,3-13,18-19,23H2,1-2H3. The van der Waals surface area contributed by atoms with Crippen LogP contribution in [0.4, 0.5) is 0 Å². The minimum Gasteiger partial charge on any atom is -0.494 e. The first kappa shape index (κ1) is 21.0. The molecule has 0 bridgehead atoms. The van der Waals surface area contributed by atoms with Crippen molar-refractivity contribution in [2.24, 2.45) is 5.73 Å². The summed E-state index contributed by atoms with van der Waals surface area (Å²) >= 11 is 0. The molecule has 2 N–H and O–H groups in total. The lowest BCUT2D eigenvalue weighted by Crippen LogP contribution is -2.21. The van der Waals surface area contributed by atoms with E-state index in [0.29, 0.717) is 0 Å². The molecule has 1 aromatic carbocycles. The van der Waals surface area contributed by atoms with Crippen LogP contribution in [0.2, 0.25) is 0 Å². The highest BCUT2D eigenvalue weighted by Crippen LogP contribution is 2.15. The predicted molar refractivity (Wildman–Crippen MR) is 106 cm³/mol. The molecule has 1 unspecified atom stereocenters. The van der Waals surface area contributed by atoms with Crippen molar-refractivity contribution in [3.05, 3.63) is 29.8 Å². The molecule has 0 spiro atoms. The number of ether oxygens (including phenoxy) is 1. The van der Waals surface area contributed by atoms with Gasteiger partial charge in [-0.05, 0) is 37.0 Å². The lowest BCUT2D eigenvalue weighted by molar-refractivity contribution is 0.304. The van der Waals surface area contributed by atoms with Crippen molar-refractivity contribution in [3.63, 3.8) is 0 Å². The second kappa shape index (κ2) is 14.3. The van der Waals surface area contributed by atoms with Gasteiger partial charge in [0.1, 0.15) is 5.75 Å². The van der Waals surface area contributed by atoms with Gasteiger partial charge in [-0.1, -0.05) is 83.8 Å². The molecule has 0 saturated carbocycles. The summed E-state index contributed by atoms with van der Waals surface area (Å²) in [5.41, 5.74) is 7.29. The van der Waals surface area contributed by atoms with Crippen LogP contribution in [-0.2, 0) is 6.42 Å². The van der Waals surface area contributed by atoms with E-state index in [2.05, 4.69) is 38.1 Å². The SMILES string of the molecule is CCCCCCCCCCCCOc1ccc(CC(N)CC)cc1. The van der Waals surface area contributed by atoms with Gasteiger partial charge in [0, 0.05) is 6.04 Å². The minimum atomic E-state index is 0.267. The quantitative estimate of drug-likeness (QED) is 0.384. The summed E-state index contributed by atoms with van der Waals surface area (Å²) in [4.78, 5) is 0. The van der Waals surface area contributed by atoms with Crippen LogP contribution in [-0.4, -0.2) is 12.6 Å². The Hall–Kier alpha value is -1.02. The van der Waals surface area contributed by atoms with Gasteiger partial charge in [0.05, 0.1) is 6.61 Å². The van der Waals surface area contributed by atoms with Crippen molar-refractivity contribution in [2.45, 2.75) is 96.9 Å². The van der Waals surface area contributed by atoms with Gasteiger partial charge in [0.25, 0.3) is 0 Å². The van der Waals surface area contributed by atoms with Crippen LogP contribution >= 0.6 is 0 Å². The Balaban J connectivity index is 1.97. The molecule has 2 heteroatoms. The predicted octanol–water partition coefficient (Wildman–Crippen LogP) is 6.27. The summed E-state index contributed by atoms with van der Waals surface area (Å²) in [5, 5.41) is 0. The highest BCUT2D eigenvalue weighted by Gasteiger charge is 2.02. The van der Waals surface area contributed by atoms with E-state index in [-0.39, 0.29) is 6.04 Å². The van der Waals surface area contributed by atoms with Gasteiger partial charge in [0.15, 0.2) is 0 Å². The molecule has 1 atom stereocenters. The summed E-state index contributed by atoms with van der Waals surface area (Å²) in [7, 11) is 0. The number of hydrogen-bond acceptors (Lipinski definition) is 2. The van der Waals surface area contributed by atoms with Crippen molar-refractivity contribution in [2.75, 3.05) is 6.61 Å². The summed E-state index contributed by atoms with van der Waals surface area (Å²) in [5.74, 6) is 0.986. The molecule has 0 heterocycles. The zero-order valence-corrected chi connectivity index (χ0v) is 16.1. The molecule has 0 aliphatic rings. The highest BCUT2D eigenvalue weighted by molar-refractivity contribution is 5.27. The van der Waals surface area contributed by atoms with Crippen LogP contribution in [0.5, 0.6) is 5.75 Å². The Kier molecular flexibility index (Phi) is 12.6. The smallest absolute Gasteiger partial charge is 0.119 e. The molecule has 0 saturated heterocycles. The van der Waals surface area contributed by atoms with Gasteiger partial charge in [-0.3, -0.25) is 0 Å². The average Bonchev–Trinajstić information content (AvgIpc) is 2.61. The normalized spacial score (nSPS) is 12.3. The maximum Gasteiger partial charge on any atom is 0.119 e. The summed E-state index contributed by atoms with van der Waals surface area (Å²) in [6.45, 7) is 5.25. The van der Waals surface area contributed by atoms with Gasteiger partial charge in [0.2, 0.25) is 0 Å². The number of rotatable bonds is 15. The minimum absolute atomic E-state index is 0.267. The lowest BCUT2D eigenvalue weighted by atomic mass is 10.0. The van der Waals surface area contributed by atoms with Gasteiger partial charge in [-0.25, -0.2) is 0 Å². The molecule has 1 rings (SSSR count). The van der Waals surface area contributed by atoms with E-state index in [4.69, 9.17) is 10.5 Å². The molecular weight excluding hydrogens is 294 g/mol. The summed E-state index contributed by atoms with van der Waals surface area (Å²) < 4.78 is 5.83. The molecule has 0 amide bonds. The Morgan fingerprint density at radius 2 is 1.33 bits per heavy atom. The van der Waals surface area contributed by atoms with Gasteiger partial charge in [-0.15, -0.1) is 0 Å². The van der Waals surface area contributed by atoms with Crippen LogP contribution in [0.15, 0.2) is 24.3 Å². The van der Waals surface area contributed by atoms with E-state index in [0.717, 1.165) is 31.6 Å². The van der Waals surface area contributed by atoms with Crippen molar-refractivity contribution in [3.8, 4) is 5.75 Å². The van der Waals surface area contributed by atoms with Gasteiger partial charge < -0.3 is 10.5 Å². The van der Waals surface area contributed by atoms with Crippen LogP contribution in [0.25, 0.3) is 0 Å². The van der Waals surface area contributed by atoms with Crippen LogP contribution in [0, 0.1) is 0 Å². The molecule has 138 valence electrons. The molecule has 0 radical (unpaired) electrons. The van der Waals surface area contributed by atoms with E-state index in [1.807, 2.05) is 0 Å². The van der Waals surface area contributed by atoms with Crippen molar-refractivity contribution in [1.29, 1.82) is 0 Å². The number of benzene rings is 1. The second-order valence-corrected chi connectivity index (χ2v) is 7.05. The fourth-order valence-corrected chi connectivity index (χ4v) is 2.95. The number of unbranched alkanes of at least 4 members (excludes halogenated alkanes) is 9. The Morgan fingerprint density at radius 3 is 1.88 bits per heavy atom. The lowest BCUT2D eigenvalue weighted by Gasteiger charge is -2.10. The Labute approximate surface area is 150 Å². The first-order chi connectivity index (χ1) is 11.8. The Bertz CT molecular complexity index is 387. The van der Waals surface area contributed by atoms with Crippen LogP contribution in [0.3, 0.4) is 0 Å². The van der Waals surface area contributed by atoms with E-state index < -0.39 is 0 Å². The zero-order chi connectivity index (χ0) is 17.5. The third kappa shape index (κ3) is 10.7. The summed E-state index contributed by atoms with van der Waals surface area (Å²) in [6.07, 6.45) is 15.6. The maximum absolute atomic E-state index is 5.99. The second-order valence-electron chi connectivity index (χ2n) is 7.05. The first-order valence-electron chi connectivity index (χ1n) is 10.2. The van der Waals surface area contributed by atoms with Crippen molar-refractivity contribution >= 4 is 0 Å². The molecule has 0 aliphatic heterocycles. The highest BCUT2D eigenvalue weighted by atomic mass is 16.5. The maximum atomic E-state index is 5.99. The number of hydrogen-bond donors (Lipinski definition) is 1. The topological polar surface area (TPSA) is 35.2 Å². The third-order valence-electron chi connectivity index (χ3n) is 4.71. The van der Waals surface area contributed by atoms with Gasteiger partial charge >= 0.3 is 0 Å². The fraction of sp³-hybridized carbons (Fsp3) is 0.727.